The predicted octanol–water partition coefficient (Wildman–Crippen LogP) is 3.34. The number of hydrogen-bond donors (Lipinski definition) is 2. The molecule has 0 unspecified atom stereocenters. The molecule has 7 nitrogen and oxygen atoms in total. The van der Waals surface area contributed by atoms with Crippen LogP contribution in [0.15, 0.2) is 18.2 Å². The van der Waals surface area contributed by atoms with Crippen LogP contribution in [0.25, 0.3) is 10.9 Å². The van der Waals surface area contributed by atoms with Crippen molar-refractivity contribution >= 4 is 22.5 Å². The highest BCUT2D eigenvalue weighted by Crippen LogP contribution is 2.31. The molecule has 28 heavy (non-hydrogen) atoms. The minimum Gasteiger partial charge on any atom is -0.481 e. The first-order valence-electron chi connectivity index (χ1n) is 9.48. The fourth-order valence-electron chi connectivity index (χ4n) is 3.86. The van der Waals surface area contributed by atoms with Crippen molar-refractivity contribution in [1.82, 2.24) is 15.0 Å². The number of carbonyl (C=O) groups is 1. The molecule has 7 heteroatoms. The average Bonchev–Trinajstić information content (AvgIpc) is 3.07. The molecule has 1 aliphatic rings. The molecule has 3 aromatic rings. The van der Waals surface area contributed by atoms with Crippen LogP contribution < -0.4 is 14.8 Å². The number of methoxy groups -OCH3 is 2. The van der Waals surface area contributed by atoms with Crippen LogP contribution in [0.5, 0.6) is 11.9 Å². The van der Waals surface area contributed by atoms with Gasteiger partial charge in [0.25, 0.3) is 0 Å². The molecule has 0 atom stereocenters. The van der Waals surface area contributed by atoms with Gasteiger partial charge >= 0.3 is 6.01 Å². The number of aromatic amines is 1. The van der Waals surface area contributed by atoms with Crippen molar-refractivity contribution in [3.8, 4) is 11.9 Å². The first-order valence-corrected chi connectivity index (χ1v) is 9.48. The van der Waals surface area contributed by atoms with E-state index in [4.69, 9.17) is 9.47 Å². The van der Waals surface area contributed by atoms with Crippen LogP contribution in [-0.4, -0.2) is 35.1 Å². The highest BCUT2D eigenvalue weighted by Gasteiger charge is 2.18. The summed E-state index contributed by atoms with van der Waals surface area (Å²) in [5.74, 6) is 0.216. The van der Waals surface area contributed by atoms with Gasteiger partial charge in [-0.2, -0.15) is 4.98 Å². The quantitative estimate of drug-likeness (QED) is 0.709. The van der Waals surface area contributed by atoms with Crippen molar-refractivity contribution in [3.63, 3.8) is 0 Å². The second-order valence-electron chi connectivity index (χ2n) is 7.06. The van der Waals surface area contributed by atoms with Crippen molar-refractivity contribution in [3.05, 3.63) is 40.7 Å². The molecule has 2 heterocycles. The molecule has 1 aliphatic carbocycles. The van der Waals surface area contributed by atoms with Crippen LogP contribution in [0, 0.1) is 6.92 Å². The number of nitrogens with zero attached hydrogens (tertiary/aromatic N) is 2. The Balaban J connectivity index is 1.56. The van der Waals surface area contributed by atoms with Gasteiger partial charge in [-0.1, -0.05) is 0 Å². The van der Waals surface area contributed by atoms with Crippen LogP contribution in [0.1, 0.15) is 35.4 Å². The van der Waals surface area contributed by atoms with Crippen molar-refractivity contribution in [2.45, 2.75) is 39.0 Å². The van der Waals surface area contributed by atoms with Crippen LogP contribution >= 0.6 is 0 Å². The second kappa shape index (κ2) is 7.50. The summed E-state index contributed by atoms with van der Waals surface area (Å²) in [6.45, 7) is 1.81. The normalized spacial score (nSPS) is 13.2. The van der Waals surface area contributed by atoms with E-state index in [2.05, 4.69) is 26.3 Å². The lowest BCUT2D eigenvalue weighted by Crippen LogP contribution is -2.17. The van der Waals surface area contributed by atoms with Crippen LogP contribution in [0.3, 0.4) is 0 Å². The van der Waals surface area contributed by atoms with Crippen molar-refractivity contribution in [2.75, 3.05) is 19.5 Å². The third-order valence-corrected chi connectivity index (χ3v) is 5.25. The molecule has 2 aromatic heterocycles. The van der Waals surface area contributed by atoms with Crippen LogP contribution in [-0.2, 0) is 24.1 Å². The van der Waals surface area contributed by atoms with Gasteiger partial charge in [-0.25, -0.2) is 4.98 Å². The summed E-state index contributed by atoms with van der Waals surface area (Å²) in [6.07, 6.45) is 4.76. The van der Waals surface area contributed by atoms with Crippen molar-refractivity contribution in [1.29, 1.82) is 0 Å². The minimum atomic E-state index is -0.140. The molecule has 1 amide bonds. The van der Waals surface area contributed by atoms with E-state index in [0.717, 1.165) is 24.0 Å². The zero-order valence-corrected chi connectivity index (χ0v) is 16.4. The number of nitrogens with one attached hydrogen (secondary N) is 2. The van der Waals surface area contributed by atoms with E-state index in [0.29, 0.717) is 17.1 Å². The lowest BCUT2D eigenvalue weighted by Gasteiger charge is -2.12. The molecule has 0 saturated heterocycles. The number of H-pyrrole nitrogens is 1. The smallest absolute Gasteiger partial charge is 0.319 e. The zero-order valence-electron chi connectivity index (χ0n) is 16.4. The Morgan fingerprint density at radius 3 is 2.79 bits per heavy atom. The summed E-state index contributed by atoms with van der Waals surface area (Å²) in [5, 5.41) is 4.19. The summed E-state index contributed by atoms with van der Waals surface area (Å²) in [5.41, 5.74) is 5.95. The summed E-state index contributed by atoms with van der Waals surface area (Å²) in [7, 11) is 3.02. The zero-order chi connectivity index (χ0) is 19.7. The first-order chi connectivity index (χ1) is 13.6. The van der Waals surface area contributed by atoms with Gasteiger partial charge in [0.05, 0.1) is 26.3 Å². The summed E-state index contributed by atoms with van der Waals surface area (Å²) < 4.78 is 10.4. The Hall–Kier alpha value is -3.09. The Labute approximate surface area is 163 Å². The summed E-state index contributed by atoms with van der Waals surface area (Å²) >= 11 is 0. The lowest BCUT2D eigenvalue weighted by atomic mass is 9.95. The molecule has 146 valence electrons. The molecule has 4 rings (SSSR count). The second-order valence-corrected chi connectivity index (χ2v) is 7.06. The van der Waals surface area contributed by atoms with Crippen LogP contribution in [0.4, 0.5) is 5.69 Å². The summed E-state index contributed by atoms with van der Waals surface area (Å²) in [4.78, 5) is 24.6. The minimum absolute atomic E-state index is 0.127. The molecule has 2 N–H and O–H groups in total. The molecule has 1 aromatic carbocycles. The molecular weight excluding hydrogens is 356 g/mol. The van der Waals surface area contributed by atoms with Gasteiger partial charge in [0.2, 0.25) is 11.8 Å². The molecule has 0 aliphatic heterocycles. The van der Waals surface area contributed by atoms with Gasteiger partial charge in [-0.3, -0.25) is 4.79 Å². The van der Waals surface area contributed by atoms with E-state index < -0.39 is 0 Å². The molecule has 0 fully saturated rings. The number of hydrogen-bond acceptors (Lipinski definition) is 5. The highest BCUT2D eigenvalue weighted by atomic mass is 16.5. The van der Waals surface area contributed by atoms with E-state index in [1.165, 1.54) is 43.7 Å². The van der Waals surface area contributed by atoms with Gasteiger partial charge in [-0.05, 0) is 56.4 Å². The van der Waals surface area contributed by atoms with Crippen LogP contribution in [0.2, 0.25) is 0 Å². The number of aromatic nitrogens is 3. The Morgan fingerprint density at radius 2 is 2.00 bits per heavy atom. The average molecular weight is 380 g/mol. The Bertz CT molecular complexity index is 1040. The Kier molecular flexibility index (Phi) is 4.90. The number of benzene rings is 1. The SMILES string of the molecule is COc1nc(C)c(CC(=O)Nc2ccc3[nH]c4c(c3c2)CCCC4)c(OC)n1. The number of aryl methyl sites for hydroxylation is 3. The van der Waals surface area contributed by atoms with Gasteiger partial charge in [0.15, 0.2) is 0 Å². The molecular formula is C21H24N4O3. The maximum Gasteiger partial charge on any atom is 0.319 e. The number of carbonyl (C=O) groups excluding carboxylic acids is 1. The summed E-state index contributed by atoms with van der Waals surface area (Å²) in [6, 6.07) is 6.24. The van der Waals surface area contributed by atoms with Gasteiger partial charge in [0, 0.05) is 27.8 Å². The van der Waals surface area contributed by atoms with Gasteiger partial charge in [-0.15, -0.1) is 0 Å². The molecule has 0 spiro atoms. The Morgan fingerprint density at radius 1 is 1.18 bits per heavy atom. The monoisotopic (exact) mass is 380 g/mol. The molecule has 0 saturated carbocycles. The number of rotatable bonds is 5. The molecule has 0 bridgehead atoms. The van der Waals surface area contributed by atoms with E-state index in [-0.39, 0.29) is 18.3 Å². The standard InChI is InChI=1S/C21H24N4O3/c1-12-15(20(27-2)25-21(22-12)28-3)11-19(26)23-13-8-9-18-16(10-13)14-6-4-5-7-17(14)24-18/h8-10,24H,4-7,11H2,1-3H3,(H,23,26). The number of amides is 1. The first kappa shape index (κ1) is 18.3. The fraction of sp³-hybridized carbons (Fsp3) is 0.381. The highest BCUT2D eigenvalue weighted by molar-refractivity contribution is 5.96. The van der Waals surface area contributed by atoms with E-state index in [1.807, 2.05) is 19.1 Å². The van der Waals surface area contributed by atoms with Crippen molar-refractivity contribution < 1.29 is 14.3 Å². The van der Waals surface area contributed by atoms with Gasteiger partial charge in [0.1, 0.15) is 0 Å². The maximum absolute atomic E-state index is 12.7. The topological polar surface area (TPSA) is 89.1 Å². The van der Waals surface area contributed by atoms with E-state index in [9.17, 15) is 4.79 Å². The number of ether oxygens (including phenoxy) is 2. The third-order valence-electron chi connectivity index (χ3n) is 5.25. The van der Waals surface area contributed by atoms with Crippen molar-refractivity contribution in [2.24, 2.45) is 0 Å². The fourth-order valence-corrected chi connectivity index (χ4v) is 3.86. The lowest BCUT2D eigenvalue weighted by molar-refractivity contribution is -0.115. The third kappa shape index (κ3) is 3.40. The predicted molar refractivity (Wildman–Crippen MR) is 107 cm³/mol. The van der Waals surface area contributed by atoms with Gasteiger partial charge < -0.3 is 19.8 Å². The number of anilines is 1. The molecule has 0 radical (unpaired) electrons. The van der Waals surface area contributed by atoms with E-state index in [1.54, 1.807) is 0 Å². The maximum atomic E-state index is 12.7. The van der Waals surface area contributed by atoms with E-state index >= 15 is 0 Å². The number of fused-ring (bicyclic) bond motifs is 3. The largest absolute Gasteiger partial charge is 0.481 e.